The predicted octanol–water partition coefficient (Wildman–Crippen LogP) is 2.18. The average Bonchev–Trinajstić information content (AvgIpc) is 2.42. The van der Waals surface area contributed by atoms with Gasteiger partial charge in [-0.05, 0) is 6.07 Å². The van der Waals surface area contributed by atoms with Crippen LogP contribution in [0.25, 0.3) is 0 Å². The molecule has 6 heteroatoms. The molecule has 0 bridgehead atoms. The van der Waals surface area contributed by atoms with Gasteiger partial charge in [0, 0.05) is 6.07 Å². The van der Waals surface area contributed by atoms with Crippen molar-refractivity contribution in [2.24, 2.45) is 0 Å². The van der Waals surface area contributed by atoms with E-state index in [0.29, 0.717) is 0 Å². The van der Waals surface area contributed by atoms with Gasteiger partial charge in [-0.3, -0.25) is 0 Å². The first kappa shape index (κ1) is 13.7. The molecule has 0 fully saturated rings. The lowest BCUT2D eigenvalue weighted by molar-refractivity contribution is 0.509. The molecule has 0 aliphatic carbocycles. The number of rotatable bonds is 2. The van der Waals surface area contributed by atoms with Crippen molar-refractivity contribution in [3.63, 3.8) is 0 Å². The molecule has 1 rings (SSSR count). The third-order valence-electron chi connectivity index (χ3n) is 2.06. The minimum atomic E-state index is -1.17. The van der Waals surface area contributed by atoms with E-state index in [-0.39, 0.29) is 11.3 Å². The molecule has 0 aliphatic rings. The fourth-order valence-electron chi connectivity index (χ4n) is 1.19. The Bertz CT molecular complexity index is 705. The maximum absolute atomic E-state index is 13.1. The molecule has 0 amide bonds. The van der Waals surface area contributed by atoms with E-state index in [1.165, 1.54) is 12.1 Å². The maximum atomic E-state index is 13.1. The summed E-state index contributed by atoms with van der Waals surface area (Å²) in [4.78, 5) is 0. The molecule has 90 valence electrons. The first-order valence-electron chi connectivity index (χ1n) is 4.74. The molecule has 19 heavy (non-hydrogen) atoms. The minimum Gasteiger partial charge on any atom is -0.344 e. The molecule has 0 saturated heterocycles. The average molecular weight is 254 g/mol. The van der Waals surface area contributed by atoms with Gasteiger partial charge in [-0.2, -0.15) is 15.8 Å². The molecule has 0 radical (unpaired) electrons. The quantitative estimate of drug-likeness (QED) is 0.647. The van der Waals surface area contributed by atoms with Crippen molar-refractivity contribution in [1.29, 1.82) is 15.8 Å². The number of nitrogens with zero attached hydrogens (tertiary/aromatic N) is 3. The Morgan fingerprint density at radius 1 is 1.05 bits per heavy atom. The van der Waals surface area contributed by atoms with E-state index in [1.807, 2.05) is 0 Å². The van der Waals surface area contributed by atoms with E-state index in [1.54, 1.807) is 6.07 Å². The highest BCUT2D eigenvalue weighted by molar-refractivity contribution is 5.65. The van der Waals surface area contributed by atoms with Crippen molar-refractivity contribution in [3.05, 3.63) is 40.6 Å². The molecule has 0 unspecified atom stereocenters. The van der Waals surface area contributed by atoms with Crippen LogP contribution in [-0.4, -0.2) is 0 Å². The molecule has 1 N–H and O–H groups in total. The number of terminal acetylenes is 1. The Morgan fingerprint density at radius 2 is 1.63 bits per heavy atom. The van der Waals surface area contributed by atoms with Crippen LogP contribution in [0.2, 0.25) is 0 Å². The number of hydrogen-bond donors (Lipinski definition) is 1. The van der Waals surface area contributed by atoms with Gasteiger partial charge in [-0.15, -0.1) is 6.42 Å². The largest absolute Gasteiger partial charge is 0.344 e. The van der Waals surface area contributed by atoms with Crippen LogP contribution in [0, 0.1) is 58.0 Å². The van der Waals surface area contributed by atoms with Gasteiger partial charge in [0.05, 0.1) is 11.3 Å². The van der Waals surface area contributed by atoms with E-state index in [9.17, 15) is 8.78 Å². The standard InChI is InChI=1S/C13H4F2N4/c1-2-8-3-10(14)11(15)4-12(8)19-13(7-18)9(5-16)6-17/h1,3-4,19H. The molecule has 0 heterocycles. The van der Waals surface area contributed by atoms with Crippen LogP contribution in [0.3, 0.4) is 0 Å². The van der Waals surface area contributed by atoms with Crippen LogP contribution in [0.15, 0.2) is 23.4 Å². The highest BCUT2D eigenvalue weighted by atomic mass is 19.2. The van der Waals surface area contributed by atoms with Crippen molar-refractivity contribution in [2.75, 3.05) is 5.32 Å². The lowest BCUT2D eigenvalue weighted by Gasteiger charge is -2.08. The smallest absolute Gasteiger partial charge is 0.163 e. The van der Waals surface area contributed by atoms with Crippen LogP contribution < -0.4 is 5.32 Å². The van der Waals surface area contributed by atoms with Crippen LogP contribution in [-0.2, 0) is 0 Å². The molecule has 1 aromatic carbocycles. The number of nitriles is 3. The highest BCUT2D eigenvalue weighted by Crippen LogP contribution is 2.21. The van der Waals surface area contributed by atoms with Crippen LogP contribution >= 0.6 is 0 Å². The molecular formula is C13H4F2N4. The molecule has 0 atom stereocenters. The lowest BCUT2D eigenvalue weighted by atomic mass is 10.1. The van der Waals surface area contributed by atoms with E-state index in [0.717, 1.165) is 12.1 Å². The SMILES string of the molecule is C#Cc1cc(F)c(F)cc1NC(C#N)=C(C#N)C#N. The monoisotopic (exact) mass is 254 g/mol. The van der Waals surface area contributed by atoms with Crippen LogP contribution in [0.4, 0.5) is 14.5 Å². The van der Waals surface area contributed by atoms with Crippen molar-refractivity contribution in [1.82, 2.24) is 0 Å². The molecule has 0 saturated carbocycles. The number of benzene rings is 1. The predicted molar refractivity (Wildman–Crippen MR) is 61.8 cm³/mol. The summed E-state index contributed by atoms with van der Waals surface area (Å²) < 4.78 is 26.1. The normalized spacial score (nSPS) is 8.32. The molecular weight excluding hydrogens is 250 g/mol. The zero-order valence-electron chi connectivity index (χ0n) is 9.33. The van der Waals surface area contributed by atoms with Crippen molar-refractivity contribution in [3.8, 4) is 30.6 Å². The summed E-state index contributed by atoms with van der Waals surface area (Å²) in [6.07, 6.45) is 5.12. The van der Waals surface area contributed by atoms with Gasteiger partial charge in [0.2, 0.25) is 0 Å². The third kappa shape index (κ3) is 2.86. The number of halogens is 2. The molecule has 1 aromatic rings. The van der Waals surface area contributed by atoms with E-state index in [4.69, 9.17) is 22.2 Å². The van der Waals surface area contributed by atoms with Crippen LogP contribution in [0.5, 0.6) is 0 Å². The van der Waals surface area contributed by atoms with Gasteiger partial charge in [0.25, 0.3) is 0 Å². The summed E-state index contributed by atoms with van der Waals surface area (Å²) in [5.41, 5.74) is -1.01. The van der Waals surface area contributed by atoms with Gasteiger partial charge in [-0.25, -0.2) is 8.78 Å². The second-order valence-electron chi connectivity index (χ2n) is 3.17. The van der Waals surface area contributed by atoms with Gasteiger partial charge in [0.15, 0.2) is 17.2 Å². The Hall–Kier alpha value is -3.35. The zero-order valence-corrected chi connectivity index (χ0v) is 9.33. The fourth-order valence-corrected chi connectivity index (χ4v) is 1.19. The summed E-state index contributed by atoms with van der Waals surface area (Å²) in [5, 5.41) is 28.4. The Balaban J connectivity index is 3.37. The number of allylic oxidation sites excluding steroid dienone is 2. The lowest BCUT2D eigenvalue weighted by Crippen LogP contribution is -2.04. The van der Waals surface area contributed by atoms with Gasteiger partial charge in [-0.1, -0.05) is 5.92 Å². The first-order valence-corrected chi connectivity index (χ1v) is 4.74. The van der Waals surface area contributed by atoms with Crippen molar-refractivity contribution < 1.29 is 8.78 Å². The van der Waals surface area contributed by atoms with Crippen molar-refractivity contribution >= 4 is 5.69 Å². The molecule has 4 nitrogen and oxygen atoms in total. The zero-order chi connectivity index (χ0) is 14.4. The van der Waals surface area contributed by atoms with Gasteiger partial charge >= 0.3 is 0 Å². The first-order chi connectivity index (χ1) is 9.07. The van der Waals surface area contributed by atoms with Gasteiger partial charge in [0.1, 0.15) is 23.9 Å². The highest BCUT2D eigenvalue weighted by Gasteiger charge is 2.12. The van der Waals surface area contributed by atoms with Crippen LogP contribution in [0.1, 0.15) is 5.56 Å². The minimum absolute atomic E-state index is 0.0399. The second kappa shape index (κ2) is 5.82. The van der Waals surface area contributed by atoms with Crippen molar-refractivity contribution in [2.45, 2.75) is 0 Å². The Labute approximate surface area is 107 Å². The molecule has 0 aliphatic heterocycles. The van der Waals surface area contributed by atoms with E-state index in [2.05, 4.69) is 11.2 Å². The third-order valence-corrected chi connectivity index (χ3v) is 2.06. The van der Waals surface area contributed by atoms with E-state index >= 15 is 0 Å². The number of hydrogen-bond acceptors (Lipinski definition) is 4. The summed E-state index contributed by atoms with van der Waals surface area (Å²) in [6.45, 7) is 0. The number of anilines is 1. The summed E-state index contributed by atoms with van der Waals surface area (Å²) in [7, 11) is 0. The topological polar surface area (TPSA) is 83.4 Å². The number of nitrogens with one attached hydrogen (secondary N) is 1. The van der Waals surface area contributed by atoms with E-state index < -0.39 is 22.9 Å². The second-order valence-corrected chi connectivity index (χ2v) is 3.17. The summed E-state index contributed by atoms with van der Waals surface area (Å²) >= 11 is 0. The van der Waals surface area contributed by atoms with Gasteiger partial charge < -0.3 is 5.32 Å². The molecule has 0 aromatic heterocycles. The summed E-state index contributed by atoms with van der Waals surface area (Å²) in [5.74, 6) is -0.208. The Morgan fingerprint density at radius 3 is 2.11 bits per heavy atom. The molecule has 0 spiro atoms. The fraction of sp³-hybridized carbons (Fsp3) is 0. The maximum Gasteiger partial charge on any atom is 0.163 e. The Kier molecular flexibility index (Phi) is 4.20. The summed E-state index contributed by atoms with van der Waals surface area (Å²) in [6, 6.07) is 6.09.